The number of nitrogens with one attached hydrogen (secondary N) is 2. The highest BCUT2D eigenvalue weighted by molar-refractivity contribution is 6.02. The number of fused-ring (bicyclic) bond motifs is 1. The highest BCUT2D eigenvalue weighted by Crippen LogP contribution is 2.29. The van der Waals surface area contributed by atoms with Crippen LogP contribution in [0.5, 0.6) is 0 Å². The lowest BCUT2D eigenvalue weighted by Crippen LogP contribution is -2.48. The molecule has 4 rings (SSSR count). The maximum atomic E-state index is 13.3. The molecule has 1 saturated heterocycles. The second-order valence-electron chi connectivity index (χ2n) is 9.60. The fourth-order valence-electron chi connectivity index (χ4n) is 4.65. The normalized spacial score (nSPS) is 16.4. The van der Waals surface area contributed by atoms with Gasteiger partial charge in [-0.05, 0) is 38.4 Å². The van der Waals surface area contributed by atoms with Gasteiger partial charge in [-0.25, -0.2) is 14.8 Å². The molecule has 38 heavy (non-hydrogen) atoms. The van der Waals surface area contributed by atoms with E-state index >= 15 is 0 Å². The zero-order chi connectivity index (χ0) is 27.2. The van der Waals surface area contributed by atoms with Gasteiger partial charge in [-0.1, -0.05) is 0 Å². The Balaban J connectivity index is 1.54. The number of nitrogens with zero attached hydrogens (tertiary/aromatic N) is 6. The number of piperazine rings is 1. The molecule has 0 aliphatic carbocycles. The van der Waals surface area contributed by atoms with Crippen LogP contribution in [0.1, 0.15) is 40.5 Å². The Labute approximate surface area is 221 Å². The number of hydrogen-bond acceptors (Lipinski definition) is 9. The molecule has 0 bridgehead atoms. The summed E-state index contributed by atoms with van der Waals surface area (Å²) >= 11 is 0. The summed E-state index contributed by atoms with van der Waals surface area (Å²) in [5, 5.41) is 15.4. The van der Waals surface area contributed by atoms with Crippen LogP contribution < -0.4 is 15.5 Å². The van der Waals surface area contributed by atoms with E-state index in [9.17, 15) is 19.6 Å². The van der Waals surface area contributed by atoms with Crippen LogP contribution in [0.3, 0.4) is 0 Å². The minimum Gasteiger partial charge on any atom is -0.383 e. The van der Waals surface area contributed by atoms with Gasteiger partial charge in [-0.2, -0.15) is 5.26 Å². The molecule has 0 spiro atoms. The SMILES string of the molecule is COC[C@@H](C)Nc1cc(NC(=O)N2CCCc3cc(CN4CCN(C)CC4=O)c(C=O)nc32)ncc1C#N. The zero-order valence-electron chi connectivity index (χ0n) is 21.9. The Morgan fingerprint density at radius 3 is 2.84 bits per heavy atom. The van der Waals surface area contributed by atoms with Crippen LogP contribution in [0.2, 0.25) is 0 Å². The van der Waals surface area contributed by atoms with E-state index in [-0.39, 0.29) is 23.5 Å². The van der Waals surface area contributed by atoms with Crippen molar-refractivity contribution in [1.82, 2.24) is 19.8 Å². The largest absolute Gasteiger partial charge is 0.383 e. The molecule has 2 aromatic heterocycles. The minimum absolute atomic E-state index is 0.00899. The standard InChI is InChI=1S/C26H32N8O4/c1-17(16-38-3)29-21-10-23(28-12-20(21)11-27)31-26(37)34-6-4-5-18-9-19(22(15-35)30-25(18)34)13-33-8-7-32(2)14-24(33)36/h9-10,12,15,17H,4-8,13-14,16H2,1-3H3,(H2,28,29,31,37)/t17-/m1/s1. The van der Waals surface area contributed by atoms with Crippen LogP contribution in [-0.2, 0) is 22.5 Å². The van der Waals surface area contributed by atoms with E-state index < -0.39 is 6.03 Å². The number of hydrogen-bond donors (Lipinski definition) is 2. The van der Waals surface area contributed by atoms with Crippen molar-refractivity contribution in [3.8, 4) is 6.07 Å². The number of carbonyl (C=O) groups excluding carboxylic acids is 3. The number of carbonyl (C=O) groups is 3. The van der Waals surface area contributed by atoms with Crippen LogP contribution >= 0.6 is 0 Å². The maximum absolute atomic E-state index is 13.3. The third kappa shape index (κ3) is 6.07. The molecule has 1 atom stereocenters. The van der Waals surface area contributed by atoms with Gasteiger partial charge in [-0.15, -0.1) is 0 Å². The Hall–Kier alpha value is -4.08. The number of urea groups is 1. The van der Waals surface area contributed by atoms with Gasteiger partial charge < -0.3 is 15.0 Å². The molecular weight excluding hydrogens is 488 g/mol. The highest BCUT2D eigenvalue weighted by atomic mass is 16.5. The summed E-state index contributed by atoms with van der Waals surface area (Å²) in [5.74, 6) is 0.703. The number of amides is 3. The Morgan fingerprint density at radius 1 is 1.32 bits per heavy atom. The number of rotatable bonds is 8. The molecule has 2 aliphatic heterocycles. The van der Waals surface area contributed by atoms with Crippen molar-refractivity contribution in [2.24, 2.45) is 0 Å². The van der Waals surface area contributed by atoms with Gasteiger partial charge in [-0.3, -0.25) is 24.7 Å². The second-order valence-corrected chi connectivity index (χ2v) is 9.60. The van der Waals surface area contributed by atoms with E-state index in [1.54, 1.807) is 18.1 Å². The third-order valence-electron chi connectivity index (χ3n) is 6.58. The fourth-order valence-corrected chi connectivity index (χ4v) is 4.65. The highest BCUT2D eigenvalue weighted by Gasteiger charge is 2.28. The van der Waals surface area contributed by atoms with Crippen LogP contribution in [0.4, 0.5) is 22.1 Å². The molecule has 12 nitrogen and oxygen atoms in total. The lowest BCUT2D eigenvalue weighted by Gasteiger charge is -2.33. The maximum Gasteiger partial charge on any atom is 0.328 e. The van der Waals surface area contributed by atoms with Crippen molar-refractivity contribution in [3.63, 3.8) is 0 Å². The van der Waals surface area contributed by atoms with Gasteiger partial charge in [0.15, 0.2) is 6.29 Å². The molecule has 12 heteroatoms. The molecule has 2 aromatic rings. The first kappa shape index (κ1) is 27.0. The Bertz CT molecular complexity index is 1260. The minimum atomic E-state index is -0.439. The van der Waals surface area contributed by atoms with Gasteiger partial charge in [0.1, 0.15) is 23.4 Å². The number of nitriles is 1. The average molecular weight is 521 g/mol. The number of methoxy groups -OCH3 is 1. The van der Waals surface area contributed by atoms with Gasteiger partial charge in [0, 0.05) is 57.2 Å². The second kappa shape index (κ2) is 12.0. The van der Waals surface area contributed by atoms with E-state index in [1.165, 1.54) is 11.1 Å². The molecule has 0 saturated carbocycles. The summed E-state index contributed by atoms with van der Waals surface area (Å²) in [6, 6.07) is 5.08. The first-order chi connectivity index (χ1) is 18.3. The van der Waals surface area contributed by atoms with Gasteiger partial charge in [0.2, 0.25) is 5.91 Å². The lowest BCUT2D eigenvalue weighted by atomic mass is 10.0. The molecule has 0 aromatic carbocycles. The summed E-state index contributed by atoms with van der Waals surface area (Å²) in [4.78, 5) is 51.6. The topological polar surface area (TPSA) is 144 Å². The first-order valence-electron chi connectivity index (χ1n) is 12.5. The van der Waals surface area contributed by atoms with Crippen LogP contribution in [-0.4, -0.2) is 91.0 Å². The fraction of sp³-hybridized carbons (Fsp3) is 0.462. The number of aryl methyl sites for hydroxylation is 1. The van der Waals surface area contributed by atoms with Crippen molar-refractivity contribution in [2.75, 3.05) is 62.5 Å². The van der Waals surface area contributed by atoms with Gasteiger partial charge in [0.05, 0.1) is 24.4 Å². The van der Waals surface area contributed by atoms with Gasteiger partial charge in [0.25, 0.3) is 0 Å². The van der Waals surface area contributed by atoms with E-state index in [1.807, 2.05) is 24.9 Å². The van der Waals surface area contributed by atoms with Crippen LogP contribution in [0.25, 0.3) is 0 Å². The molecule has 200 valence electrons. The van der Waals surface area contributed by atoms with Crippen molar-refractivity contribution in [3.05, 3.63) is 40.7 Å². The van der Waals surface area contributed by atoms with Crippen molar-refractivity contribution < 1.29 is 19.1 Å². The third-order valence-corrected chi connectivity index (χ3v) is 6.58. The monoisotopic (exact) mass is 520 g/mol. The number of ether oxygens (including phenoxy) is 1. The van der Waals surface area contributed by atoms with E-state index in [0.29, 0.717) is 68.1 Å². The van der Waals surface area contributed by atoms with Gasteiger partial charge >= 0.3 is 6.03 Å². The molecule has 2 aliphatic rings. The molecular formula is C26H32N8O4. The molecule has 4 heterocycles. The molecule has 1 fully saturated rings. The first-order valence-corrected chi connectivity index (χ1v) is 12.5. The van der Waals surface area contributed by atoms with E-state index in [4.69, 9.17) is 4.74 Å². The number of aldehydes is 1. The molecule has 0 radical (unpaired) electrons. The van der Waals surface area contributed by atoms with Crippen molar-refractivity contribution in [2.45, 2.75) is 32.4 Å². The van der Waals surface area contributed by atoms with Crippen LogP contribution in [0, 0.1) is 11.3 Å². The summed E-state index contributed by atoms with van der Waals surface area (Å²) in [6.45, 7) is 4.77. The predicted molar refractivity (Wildman–Crippen MR) is 141 cm³/mol. The average Bonchev–Trinajstić information content (AvgIpc) is 2.89. The Kier molecular flexibility index (Phi) is 8.50. The number of pyridine rings is 2. The number of aromatic nitrogens is 2. The van der Waals surface area contributed by atoms with Crippen molar-refractivity contribution >= 4 is 35.5 Å². The summed E-state index contributed by atoms with van der Waals surface area (Å²) in [5.41, 5.74) is 2.61. The van der Waals surface area contributed by atoms with E-state index in [2.05, 4.69) is 26.7 Å². The summed E-state index contributed by atoms with van der Waals surface area (Å²) < 4.78 is 5.15. The molecule has 0 unspecified atom stereocenters. The zero-order valence-corrected chi connectivity index (χ0v) is 21.9. The predicted octanol–water partition coefficient (Wildman–Crippen LogP) is 1.87. The lowest BCUT2D eigenvalue weighted by molar-refractivity contribution is -0.136. The number of anilines is 3. The van der Waals surface area contributed by atoms with E-state index in [0.717, 1.165) is 18.5 Å². The quantitative estimate of drug-likeness (QED) is 0.498. The molecule has 2 N–H and O–H groups in total. The van der Waals surface area contributed by atoms with Crippen LogP contribution in [0.15, 0.2) is 18.3 Å². The Morgan fingerprint density at radius 2 is 2.13 bits per heavy atom. The summed E-state index contributed by atoms with van der Waals surface area (Å²) in [6.07, 6.45) is 3.49. The molecule has 3 amide bonds. The smallest absolute Gasteiger partial charge is 0.328 e. The van der Waals surface area contributed by atoms with Crippen molar-refractivity contribution in [1.29, 1.82) is 5.26 Å². The summed E-state index contributed by atoms with van der Waals surface area (Å²) in [7, 11) is 3.50. The number of likely N-dealkylation sites (N-methyl/N-ethyl adjacent to an activating group) is 1.